The molecule has 0 spiro atoms. The lowest BCUT2D eigenvalue weighted by molar-refractivity contribution is -0.296. The molecule has 1 fully saturated rings. The number of hydrogen-bond acceptors (Lipinski definition) is 6. The van der Waals surface area contributed by atoms with Gasteiger partial charge in [0.1, 0.15) is 35.9 Å². The van der Waals surface area contributed by atoms with Gasteiger partial charge in [0.2, 0.25) is 6.86 Å². The normalized spacial score (nSPS) is 25.8. The third kappa shape index (κ3) is 4.35. The summed E-state index contributed by atoms with van der Waals surface area (Å²) in [5.74, 6) is -3.96. The van der Waals surface area contributed by atoms with Gasteiger partial charge in [0.25, 0.3) is 0 Å². The number of aliphatic hydroxyl groups is 3. The van der Waals surface area contributed by atoms with Crippen LogP contribution in [0.15, 0.2) is 36.4 Å². The summed E-state index contributed by atoms with van der Waals surface area (Å²) in [6.45, 7) is -2.06. The Balaban J connectivity index is 1.91. The zero-order valence-corrected chi connectivity index (χ0v) is 16.3. The Labute approximate surface area is 175 Å². The highest BCUT2D eigenvalue weighted by atomic mass is 35.5. The Hall–Kier alpha value is -2.04. The minimum absolute atomic E-state index is 0.0627. The molecule has 0 aliphatic carbocycles. The zero-order valence-electron chi connectivity index (χ0n) is 15.5. The van der Waals surface area contributed by atoms with Crippen molar-refractivity contribution in [3.8, 4) is 11.5 Å². The van der Waals surface area contributed by atoms with Crippen LogP contribution >= 0.6 is 11.6 Å². The largest absolute Gasteiger partial charge is 0.508 e. The maximum atomic E-state index is 14.0. The van der Waals surface area contributed by atoms with Crippen LogP contribution in [0.2, 0.25) is 5.02 Å². The van der Waals surface area contributed by atoms with E-state index in [1.54, 1.807) is 24.3 Å². The minimum atomic E-state index is -3.88. The smallest absolute Gasteiger partial charge is 0.303 e. The van der Waals surface area contributed by atoms with Crippen LogP contribution in [-0.2, 0) is 11.2 Å². The van der Waals surface area contributed by atoms with Gasteiger partial charge >= 0.3 is 5.92 Å². The van der Waals surface area contributed by atoms with Crippen LogP contribution in [0.25, 0.3) is 0 Å². The summed E-state index contributed by atoms with van der Waals surface area (Å²) in [4.78, 5) is 0. The number of benzene rings is 2. The lowest BCUT2D eigenvalue weighted by Crippen LogP contribution is -2.59. The molecule has 0 bridgehead atoms. The fourth-order valence-corrected chi connectivity index (χ4v) is 3.56. The van der Waals surface area contributed by atoms with Gasteiger partial charge in [-0.2, -0.15) is 0 Å². The standard InChI is InChI=1S/C20H20ClF3O6/c21-14-7-15(26)13(18-17(27)19(28)20(23,24)16(8-25)30-18)6-11(14)5-10-1-3-12(4-2-10)29-9-22/h1-4,6-7,16-19,25-28H,5,8-9H2/t16-,17+,18+,19-/m1/s1. The Morgan fingerprint density at radius 3 is 2.40 bits per heavy atom. The van der Waals surface area contributed by atoms with Gasteiger partial charge in [0.05, 0.1) is 6.61 Å². The van der Waals surface area contributed by atoms with Crippen LogP contribution in [0.5, 0.6) is 11.5 Å². The third-order valence-electron chi connectivity index (χ3n) is 4.98. The van der Waals surface area contributed by atoms with Crippen LogP contribution in [0.4, 0.5) is 13.2 Å². The molecule has 2 aromatic rings. The van der Waals surface area contributed by atoms with E-state index in [4.69, 9.17) is 21.1 Å². The Bertz CT molecular complexity index is 876. The van der Waals surface area contributed by atoms with Crippen molar-refractivity contribution in [3.63, 3.8) is 0 Å². The van der Waals surface area contributed by atoms with Gasteiger partial charge < -0.3 is 29.9 Å². The van der Waals surface area contributed by atoms with Gasteiger partial charge in [-0.1, -0.05) is 23.7 Å². The lowest BCUT2D eigenvalue weighted by Gasteiger charge is -2.42. The second-order valence-electron chi connectivity index (χ2n) is 6.91. The molecule has 0 unspecified atom stereocenters. The van der Waals surface area contributed by atoms with Crippen molar-refractivity contribution in [2.75, 3.05) is 13.5 Å². The molecule has 164 valence electrons. The van der Waals surface area contributed by atoms with E-state index in [2.05, 4.69) is 0 Å². The van der Waals surface area contributed by atoms with E-state index < -0.39 is 49.6 Å². The molecule has 2 aromatic carbocycles. The Morgan fingerprint density at radius 2 is 1.80 bits per heavy atom. The molecule has 0 aromatic heterocycles. The molecule has 3 rings (SSSR count). The first-order valence-electron chi connectivity index (χ1n) is 8.98. The maximum Gasteiger partial charge on any atom is 0.303 e. The van der Waals surface area contributed by atoms with E-state index in [1.807, 2.05) is 0 Å². The van der Waals surface area contributed by atoms with Crippen molar-refractivity contribution in [1.82, 2.24) is 0 Å². The van der Waals surface area contributed by atoms with Gasteiger partial charge in [-0.25, -0.2) is 13.2 Å². The van der Waals surface area contributed by atoms with Gasteiger partial charge in [0, 0.05) is 10.6 Å². The van der Waals surface area contributed by atoms with Crippen LogP contribution in [0.1, 0.15) is 22.8 Å². The molecule has 6 nitrogen and oxygen atoms in total. The van der Waals surface area contributed by atoms with Crippen molar-refractivity contribution >= 4 is 11.6 Å². The second kappa shape index (κ2) is 8.99. The highest BCUT2D eigenvalue weighted by Gasteiger charge is 2.57. The van der Waals surface area contributed by atoms with Crippen molar-refractivity contribution in [3.05, 3.63) is 58.1 Å². The molecule has 10 heteroatoms. The van der Waals surface area contributed by atoms with Crippen molar-refractivity contribution < 1.29 is 43.1 Å². The summed E-state index contributed by atoms with van der Waals surface area (Å²) in [5, 5.41) is 39.6. The van der Waals surface area contributed by atoms with Crippen LogP contribution < -0.4 is 4.74 Å². The maximum absolute atomic E-state index is 14.0. The van der Waals surface area contributed by atoms with E-state index in [9.17, 15) is 33.6 Å². The van der Waals surface area contributed by atoms with E-state index in [-0.39, 0.29) is 17.0 Å². The Kier molecular flexibility index (Phi) is 6.78. The predicted molar refractivity (Wildman–Crippen MR) is 101 cm³/mol. The number of phenolic OH excluding ortho intramolecular Hbond substituents is 1. The molecule has 0 radical (unpaired) electrons. The number of hydrogen-bond donors (Lipinski definition) is 4. The number of rotatable bonds is 6. The summed E-state index contributed by atoms with van der Waals surface area (Å²) >= 11 is 6.19. The zero-order chi connectivity index (χ0) is 22.1. The number of ether oxygens (including phenoxy) is 2. The third-order valence-corrected chi connectivity index (χ3v) is 5.33. The first kappa shape index (κ1) is 22.6. The van der Waals surface area contributed by atoms with Crippen LogP contribution in [0, 0.1) is 0 Å². The summed E-state index contributed by atoms with van der Waals surface area (Å²) in [7, 11) is 0. The number of halogens is 4. The molecule has 1 aliphatic rings. The highest BCUT2D eigenvalue weighted by molar-refractivity contribution is 6.31. The fourth-order valence-electron chi connectivity index (χ4n) is 3.33. The molecule has 0 saturated carbocycles. The topological polar surface area (TPSA) is 99.4 Å². The number of aromatic hydroxyl groups is 1. The van der Waals surface area contributed by atoms with Crippen molar-refractivity contribution in [2.45, 2.75) is 36.8 Å². The van der Waals surface area contributed by atoms with Crippen LogP contribution in [0.3, 0.4) is 0 Å². The van der Waals surface area contributed by atoms with E-state index >= 15 is 0 Å². The molecule has 1 aliphatic heterocycles. The van der Waals surface area contributed by atoms with Gasteiger partial charge in [-0.3, -0.25) is 0 Å². The van der Waals surface area contributed by atoms with Crippen molar-refractivity contribution in [2.24, 2.45) is 0 Å². The monoisotopic (exact) mass is 448 g/mol. The van der Waals surface area contributed by atoms with Gasteiger partial charge in [-0.15, -0.1) is 0 Å². The molecule has 4 N–H and O–H groups in total. The Morgan fingerprint density at radius 1 is 1.13 bits per heavy atom. The first-order valence-corrected chi connectivity index (χ1v) is 9.36. The van der Waals surface area contributed by atoms with Crippen molar-refractivity contribution in [1.29, 1.82) is 0 Å². The summed E-state index contributed by atoms with van der Waals surface area (Å²) in [5.41, 5.74) is 1.17. The average Bonchev–Trinajstić information content (AvgIpc) is 2.71. The number of phenols is 1. The number of aliphatic hydroxyl groups excluding tert-OH is 3. The molecular weight excluding hydrogens is 429 g/mol. The SMILES string of the molecule is OC[C@H]1O[C@@H](c2cc(Cc3ccc(OCF)cc3)c(Cl)cc2O)[C@H](O)[C@@H](O)C1(F)F. The molecule has 1 saturated heterocycles. The molecule has 1 heterocycles. The molecular formula is C20H20ClF3O6. The first-order chi connectivity index (χ1) is 14.2. The second-order valence-corrected chi connectivity index (χ2v) is 7.32. The summed E-state index contributed by atoms with van der Waals surface area (Å²) in [6.07, 6.45) is -7.89. The van der Waals surface area contributed by atoms with Gasteiger partial charge in [-0.05, 0) is 41.8 Å². The summed E-state index contributed by atoms with van der Waals surface area (Å²) < 4.78 is 50.1. The van der Waals surface area contributed by atoms with E-state index in [1.165, 1.54) is 12.1 Å². The lowest BCUT2D eigenvalue weighted by atomic mass is 9.89. The van der Waals surface area contributed by atoms with E-state index in [0.717, 1.165) is 5.56 Å². The average molecular weight is 449 g/mol. The van der Waals surface area contributed by atoms with Crippen LogP contribution in [-0.4, -0.2) is 58.1 Å². The fraction of sp³-hybridized carbons (Fsp3) is 0.400. The summed E-state index contributed by atoms with van der Waals surface area (Å²) in [6, 6.07) is 9.01. The minimum Gasteiger partial charge on any atom is -0.508 e. The van der Waals surface area contributed by atoms with Gasteiger partial charge in [0.15, 0.2) is 0 Å². The van der Waals surface area contributed by atoms with E-state index in [0.29, 0.717) is 11.3 Å². The predicted octanol–water partition coefficient (Wildman–Crippen LogP) is 2.73. The number of alkyl halides is 3. The molecule has 30 heavy (non-hydrogen) atoms. The molecule has 0 amide bonds. The quantitative estimate of drug-likeness (QED) is 0.542. The molecule has 4 atom stereocenters. The highest BCUT2D eigenvalue weighted by Crippen LogP contribution is 2.44.